The van der Waals surface area contributed by atoms with E-state index in [1.807, 2.05) is 48.5 Å². The first-order valence-corrected chi connectivity index (χ1v) is 6.37. The molecule has 0 fully saturated rings. The first-order chi connectivity index (χ1) is 9.81. The van der Waals surface area contributed by atoms with Crippen molar-refractivity contribution in [2.45, 2.75) is 6.10 Å². The zero-order valence-electron chi connectivity index (χ0n) is 10.6. The van der Waals surface area contributed by atoms with E-state index in [2.05, 4.69) is 0 Å². The van der Waals surface area contributed by atoms with Crippen LogP contribution in [0.2, 0.25) is 0 Å². The maximum absolute atomic E-state index is 10.2. The number of para-hydroxylation sites is 1. The third-order valence-corrected chi connectivity index (χ3v) is 3.42. The van der Waals surface area contributed by atoms with Gasteiger partial charge in [-0.25, -0.2) is 0 Å². The molecule has 20 heavy (non-hydrogen) atoms. The Morgan fingerprint density at radius 3 is 2.75 bits per heavy atom. The smallest absolute Gasteiger partial charge is 0.231 e. The standard InChI is InChI=1S/C16H12O4/c17-16-11-3-1-2-4-12(11)20-15(16)8-10-5-6-13-14(7-10)19-9-18-13/h1-8,16-17H,9H2/b15-8-/t16-/m1/s1. The summed E-state index contributed by atoms with van der Waals surface area (Å²) in [7, 11) is 0. The zero-order valence-corrected chi connectivity index (χ0v) is 10.6. The second kappa shape index (κ2) is 4.28. The van der Waals surface area contributed by atoms with Gasteiger partial charge in [0, 0.05) is 5.56 Å². The molecule has 0 spiro atoms. The van der Waals surface area contributed by atoms with Crippen molar-refractivity contribution in [3.8, 4) is 17.2 Å². The summed E-state index contributed by atoms with van der Waals surface area (Å²) in [4.78, 5) is 0. The average molecular weight is 268 g/mol. The molecule has 0 bridgehead atoms. The Morgan fingerprint density at radius 2 is 1.85 bits per heavy atom. The van der Waals surface area contributed by atoms with Gasteiger partial charge < -0.3 is 19.3 Å². The van der Waals surface area contributed by atoms with Crippen molar-refractivity contribution in [3.05, 3.63) is 59.4 Å². The predicted molar refractivity (Wildman–Crippen MR) is 72.6 cm³/mol. The molecule has 0 saturated carbocycles. The van der Waals surface area contributed by atoms with Gasteiger partial charge in [0.05, 0.1) is 0 Å². The van der Waals surface area contributed by atoms with Gasteiger partial charge in [-0.05, 0) is 29.8 Å². The summed E-state index contributed by atoms with van der Waals surface area (Å²) in [6, 6.07) is 13.1. The van der Waals surface area contributed by atoms with Crippen LogP contribution in [0.5, 0.6) is 17.2 Å². The molecule has 1 atom stereocenters. The fourth-order valence-electron chi connectivity index (χ4n) is 2.41. The number of hydrogen-bond donors (Lipinski definition) is 1. The van der Waals surface area contributed by atoms with Crippen LogP contribution in [-0.2, 0) is 0 Å². The second-order valence-corrected chi connectivity index (χ2v) is 4.70. The first-order valence-electron chi connectivity index (χ1n) is 6.37. The molecule has 1 N–H and O–H groups in total. The zero-order chi connectivity index (χ0) is 13.5. The lowest BCUT2D eigenvalue weighted by molar-refractivity contribution is 0.174. The van der Waals surface area contributed by atoms with E-state index < -0.39 is 6.10 Å². The number of aliphatic hydroxyl groups is 1. The van der Waals surface area contributed by atoms with E-state index in [4.69, 9.17) is 14.2 Å². The quantitative estimate of drug-likeness (QED) is 0.864. The van der Waals surface area contributed by atoms with Crippen LogP contribution in [0, 0.1) is 0 Å². The molecule has 2 heterocycles. The summed E-state index contributed by atoms with van der Waals surface area (Å²) in [6.07, 6.45) is 1.09. The minimum absolute atomic E-state index is 0.250. The highest BCUT2D eigenvalue weighted by molar-refractivity contribution is 5.61. The number of rotatable bonds is 1. The number of aliphatic hydroxyl groups excluding tert-OH is 1. The van der Waals surface area contributed by atoms with Crippen LogP contribution < -0.4 is 14.2 Å². The Morgan fingerprint density at radius 1 is 1.00 bits per heavy atom. The molecule has 2 aliphatic rings. The summed E-state index contributed by atoms with van der Waals surface area (Å²) in [5.41, 5.74) is 1.69. The van der Waals surface area contributed by atoms with Gasteiger partial charge in [-0.3, -0.25) is 0 Å². The van der Waals surface area contributed by atoms with Crippen molar-refractivity contribution in [1.29, 1.82) is 0 Å². The molecule has 2 aromatic rings. The van der Waals surface area contributed by atoms with Gasteiger partial charge in [0.15, 0.2) is 11.5 Å². The molecule has 4 rings (SSSR count). The van der Waals surface area contributed by atoms with Crippen molar-refractivity contribution in [2.75, 3.05) is 6.79 Å². The Bertz CT molecular complexity index is 705. The van der Waals surface area contributed by atoms with Crippen LogP contribution in [-0.4, -0.2) is 11.9 Å². The lowest BCUT2D eigenvalue weighted by Crippen LogP contribution is -1.96. The summed E-state index contributed by atoms with van der Waals surface area (Å²) < 4.78 is 16.3. The molecule has 0 radical (unpaired) electrons. The number of hydrogen-bond acceptors (Lipinski definition) is 4. The Kier molecular flexibility index (Phi) is 2.44. The van der Waals surface area contributed by atoms with E-state index in [0.29, 0.717) is 17.3 Å². The van der Waals surface area contributed by atoms with Crippen LogP contribution in [0.1, 0.15) is 17.2 Å². The molecule has 0 aliphatic carbocycles. The molecule has 0 saturated heterocycles. The van der Waals surface area contributed by atoms with E-state index >= 15 is 0 Å². The van der Waals surface area contributed by atoms with E-state index in [-0.39, 0.29) is 6.79 Å². The second-order valence-electron chi connectivity index (χ2n) is 4.70. The molecule has 2 aromatic carbocycles. The van der Waals surface area contributed by atoms with Crippen molar-refractivity contribution in [2.24, 2.45) is 0 Å². The highest BCUT2D eigenvalue weighted by Crippen LogP contribution is 2.40. The SMILES string of the molecule is O[C@H]1/C(=C/c2ccc3c(c2)OCO3)Oc2ccccc21. The molecule has 0 aromatic heterocycles. The number of benzene rings is 2. The third kappa shape index (κ3) is 1.73. The minimum atomic E-state index is -0.725. The lowest BCUT2D eigenvalue weighted by atomic mass is 10.1. The fourth-order valence-corrected chi connectivity index (χ4v) is 2.41. The van der Waals surface area contributed by atoms with E-state index in [0.717, 1.165) is 16.9 Å². The van der Waals surface area contributed by atoms with Gasteiger partial charge in [0.1, 0.15) is 17.6 Å². The molecule has 4 heteroatoms. The Labute approximate surface area is 115 Å². The largest absolute Gasteiger partial charge is 0.458 e. The molecule has 0 unspecified atom stereocenters. The molecule has 0 amide bonds. The molecule has 100 valence electrons. The predicted octanol–water partition coefficient (Wildman–Crippen LogP) is 2.88. The molecular weight excluding hydrogens is 256 g/mol. The maximum Gasteiger partial charge on any atom is 0.231 e. The molecule has 4 nitrogen and oxygen atoms in total. The van der Waals surface area contributed by atoms with Crippen LogP contribution in [0.4, 0.5) is 0 Å². The normalized spacial score (nSPS) is 20.9. The summed E-state index contributed by atoms with van der Waals surface area (Å²) in [6.45, 7) is 0.250. The van der Waals surface area contributed by atoms with Crippen molar-refractivity contribution >= 4 is 6.08 Å². The van der Waals surface area contributed by atoms with Crippen molar-refractivity contribution in [1.82, 2.24) is 0 Å². The summed E-state index contributed by atoms with van der Waals surface area (Å²) >= 11 is 0. The molecular formula is C16H12O4. The average Bonchev–Trinajstić information content (AvgIpc) is 3.05. The van der Waals surface area contributed by atoms with Crippen LogP contribution in [0.25, 0.3) is 6.08 Å². The van der Waals surface area contributed by atoms with Gasteiger partial charge in [-0.15, -0.1) is 0 Å². The van der Waals surface area contributed by atoms with Crippen LogP contribution in [0.3, 0.4) is 0 Å². The number of ether oxygens (including phenoxy) is 3. The topological polar surface area (TPSA) is 47.9 Å². The number of fused-ring (bicyclic) bond motifs is 2. The van der Waals surface area contributed by atoms with E-state index in [1.165, 1.54) is 0 Å². The van der Waals surface area contributed by atoms with Gasteiger partial charge in [-0.1, -0.05) is 24.3 Å². The monoisotopic (exact) mass is 268 g/mol. The Balaban J connectivity index is 1.69. The van der Waals surface area contributed by atoms with E-state index in [1.54, 1.807) is 0 Å². The Hall–Kier alpha value is -2.46. The van der Waals surface area contributed by atoms with Gasteiger partial charge in [0.25, 0.3) is 0 Å². The van der Waals surface area contributed by atoms with Crippen LogP contribution >= 0.6 is 0 Å². The fraction of sp³-hybridized carbons (Fsp3) is 0.125. The molecule has 2 aliphatic heterocycles. The van der Waals surface area contributed by atoms with Crippen molar-refractivity contribution < 1.29 is 19.3 Å². The van der Waals surface area contributed by atoms with Crippen LogP contribution in [0.15, 0.2) is 48.2 Å². The maximum atomic E-state index is 10.2. The summed E-state index contributed by atoms with van der Waals surface area (Å²) in [5.74, 6) is 2.67. The summed E-state index contributed by atoms with van der Waals surface area (Å²) in [5, 5.41) is 10.2. The minimum Gasteiger partial charge on any atom is -0.458 e. The first kappa shape index (κ1) is 11.4. The third-order valence-electron chi connectivity index (χ3n) is 3.42. The van der Waals surface area contributed by atoms with Gasteiger partial charge in [0.2, 0.25) is 6.79 Å². The van der Waals surface area contributed by atoms with E-state index in [9.17, 15) is 5.11 Å². The van der Waals surface area contributed by atoms with Gasteiger partial charge >= 0.3 is 0 Å². The highest BCUT2D eigenvalue weighted by Gasteiger charge is 2.27. The highest BCUT2D eigenvalue weighted by atomic mass is 16.7. The lowest BCUT2D eigenvalue weighted by Gasteiger charge is -2.04. The van der Waals surface area contributed by atoms with Crippen molar-refractivity contribution in [3.63, 3.8) is 0 Å². The van der Waals surface area contributed by atoms with Gasteiger partial charge in [-0.2, -0.15) is 0 Å².